The van der Waals surface area contributed by atoms with Crippen LogP contribution in [0.5, 0.6) is 0 Å². The average Bonchev–Trinajstić information content (AvgIpc) is 2.02. The van der Waals surface area contributed by atoms with Crippen LogP contribution in [0.2, 0.25) is 0 Å². The van der Waals surface area contributed by atoms with Crippen LogP contribution in [0.15, 0.2) is 0 Å². The van der Waals surface area contributed by atoms with Crippen molar-refractivity contribution in [3.05, 3.63) is 0 Å². The van der Waals surface area contributed by atoms with Crippen molar-refractivity contribution in [3.8, 4) is 6.07 Å². The molecule has 0 atom stereocenters. The predicted octanol–water partition coefficient (Wildman–Crippen LogP) is -0.476. The normalized spacial score (nSPS) is 22.9. The standard InChI is InChI=1S/C8H15N3O2S/c1-8(2)7-11(5-4-10-8)14(12,13)6-3-9/h10H,4-7H2,1-2H3. The van der Waals surface area contributed by atoms with E-state index in [1.165, 1.54) is 4.31 Å². The van der Waals surface area contributed by atoms with E-state index in [2.05, 4.69) is 5.32 Å². The lowest BCUT2D eigenvalue weighted by Crippen LogP contribution is -2.58. The highest BCUT2D eigenvalue weighted by Crippen LogP contribution is 2.13. The Labute approximate surface area is 84.8 Å². The van der Waals surface area contributed by atoms with Crippen molar-refractivity contribution in [1.29, 1.82) is 5.26 Å². The van der Waals surface area contributed by atoms with E-state index in [-0.39, 0.29) is 5.54 Å². The third kappa shape index (κ3) is 2.67. The molecular weight excluding hydrogens is 202 g/mol. The summed E-state index contributed by atoms with van der Waals surface area (Å²) in [5, 5.41) is 11.6. The number of piperazine rings is 1. The molecule has 0 radical (unpaired) electrons. The Bertz CT molecular complexity index is 342. The van der Waals surface area contributed by atoms with Crippen LogP contribution in [0.4, 0.5) is 0 Å². The summed E-state index contributed by atoms with van der Waals surface area (Å²) in [5.41, 5.74) is -0.208. The molecule has 0 aliphatic carbocycles. The molecule has 1 rings (SSSR count). The van der Waals surface area contributed by atoms with Crippen LogP contribution < -0.4 is 5.32 Å². The Hall–Kier alpha value is -0.640. The third-order valence-corrected chi connectivity index (χ3v) is 3.77. The molecule has 0 aromatic heterocycles. The molecule has 80 valence electrons. The van der Waals surface area contributed by atoms with Gasteiger partial charge in [0.1, 0.15) is 0 Å². The van der Waals surface area contributed by atoms with Gasteiger partial charge in [-0.05, 0) is 13.8 Å². The van der Waals surface area contributed by atoms with Crippen LogP contribution in [0.25, 0.3) is 0 Å². The van der Waals surface area contributed by atoms with Gasteiger partial charge in [0.15, 0.2) is 5.75 Å². The summed E-state index contributed by atoms with van der Waals surface area (Å²) < 4.78 is 24.5. The van der Waals surface area contributed by atoms with E-state index in [0.29, 0.717) is 19.6 Å². The van der Waals surface area contributed by atoms with Gasteiger partial charge in [-0.3, -0.25) is 0 Å². The number of nitriles is 1. The van der Waals surface area contributed by atoms with Crippen molar-refractivity contribution in [1.82, 2.24) is 9.62 Å². The fourth-order valence-corrected chi connectivity index (χ4v) is 2.74. The molecular formula is C8H15N3O2S. The van der Waals surface area contributed by atoms with Crippen molar-refractivity contribution >= 4 is 10.0 Å². The van der Waals surface area contributed by atoms with Crippen molar-refractivity contribution in [2.75, 3.05) is 25.4 Å². The lowest BCUT2D eigenvalue weighted by molar-refractivity contribution is 0.234. The quantitative estimate of drug-likeness (QED) is 0.678. The van der Waals surface area contributed by atoms with E-state index < -0.39 is 15.8 Å². The lowest BCUT2D eigenvalue weighted by atomic mass is 10.0. The molecule has 1 saturated heterocycles. The molecule has 0 aromatic rings. The van der Waals surface area contributed by atoms with Crippen molar-refractivity contribution in [3.63, 3.8) is 0 Å². The van der Waals surface area contributed by atoms with E-state index in [1.54, 1.807) is 6.07 Å². The monoisotopic (exact) mass is 217 g/mol. The van der Waals surface area contributed by atoms with Crippen LogP contribution in [-0.2, 0) is 10.0 Å². The minimum Gasteiger partial charge on any atom is -0.309 e. The molecule has 6 heteroatoms. The van der Waals surface area contributed by atoms with E-state index in [9.17, 15) is 8.42 Å². The highest BCUT2D eigenvalue weighted by Gasteiger charge is 2.32. The first-order valence-electron chi connectivity index (χ1n) is 4.47. The molecule has 0 amide bonds. The Kier molecular flexibility index (Phi) is 3.14. The SMILES string of the molecule is CC1(C)CN(S(=O)(=O)CC#N)CCN1. The number of nitrogens with one attached hydrogen (secondary N) is 1. The van der Waals surface area contributed by atoms with Crippen LogP contribution >= 0.6 is 0 Å². The zero-order valence-electron chi connectivity index (χ0n) is 8.45. The summed E-state index contributed by atoms with van der Waals surface area (Å²) in [6.07, 6.45) is 0. The number of hydrogen-bond acceptors (Lipinski definition) is 4. The molecule has 1 aliphatic heterocycles. The van der Waals surface area contributed by atoms with Gasteiger partial charge in [0.25, 0.3) is 0 Å². The van der Waals surface area contributed by atoms with E-state index >= 15 is 0 Å². The zero-order chi connectivity index (χ0) is 10.8. The van der Waals surface area contributed by atoms with Gasteiger partial charge in [-0.15, -0.1) is 0 Å². The van der Waals surface area contributed by atoms with E-state index in [4.69, 9.17) is 5.26 Å². The Balaban J connectivity index is 2.76. The van der Waals surface area contributed by atoms with Gasteiger partial charge in [0, 0.05) is 25.2 Å². The first kappa shape index (κ1) is 11.4. The van der Waals surface area contributed by atoms with Crippen molar-refractivity contribution in [2.45, 2.75) is 19.4 Å². The van der Waals surface area contributed by atoms with Gasteiger partial charge >= 0.3 is 0 Å². The molecule has 5 nitrogen and oxygen atoms in total. The lowest BCUT2D eigenvalue weighted by Gasteiger charge is -2.37. The topological polar surface area (TPSA) is 73.2 Å². The molecule has 1 fully saturated rings. The average molecular weight is 217 g/mol. The maximum atomic E-state index is 11.5. The van der Waals surface area contributed by atoms with Crippen LogP contribution in [0.3, 0.4) is 0 Å². The first-order chi connectivity index (χ1) is 6.37. The molecule has 0 unspecified atom stereocenters. The highest BCUT2D eigenvalue weighted by molar-refractivity contribution is 7.89. The van der Waals surface area contributed by atoms with Crippen molar-refractivity contribution < 1.29 is 8.42 Å². The summed E-state index contributed by atoms with van der Waals surface area (Å²) in [6.45, 7) is 5.41. The largest absolute Gasteiger partial charge is 0.309 e. The van der Waals surface area contributed by atoms with Crippen molar-refractivity contribution in [2.24, 2.45) is 0 Å². The Morgan fingerprint density at radius 3 is 2.71 bits per heavy atom. The maximum absolute atomic E-state index is 11.5. The smallest absolute Gasteiger partial charge is 0.227 e. The predicted molar refractivity (Wildman–Crippen MR) is 53.1 cm³/mol. The molecule has 0 bridgehead atoms. The van der Waals surface area contributed by atoms with Gasteiger partial charge in [0.05, 0.1) is 6.07 Å². The summed E-state index contributed by atoms with van der Waals surface area (Å²) in [4.78, 5) is 0. The summed E-state index contributed by atoms with van der Waals surface area (Å²) >= 11 is 0. The summed E-state index contributed by atoms with van der Waals surface area (Å²) in [5.74, 6) is -0.428. The van der Waals surface area contributed by atoms with E-state index in [1.807, 2.05) is 13.8 Å². The molecule has 0 aromatic carbocycles. The molecule has 1 N–H and O–H groups in total. The number of nitrogens with zero attached hydrogens (tertiary/aromatic N) is 2. The number of sulfonamides is 1. The van der Waals surface area contributed by atoms with Crippen LogP contribution in [0.1, 0.15) is 13.8 Å². The summed E-state index contributed by atoms with van der Waals surface area (Å²) in [6, 6.07) is 1.68. The summed E-state index contributed by atoms with van der Waals surface area (Å²) in [7, 11) is -3.37. The van der Waals surface area contributed by atoms with E-state index in [0.717, 1.165) is 0 Å². The number of hydrogen-bond donors (Lipinski definition) is 1. The van der Waals surface area contributed by atoms with Crippen LogP contribution in [0, 0.1) is 11.3 Å². The number of rotatable bonds is 2. The third-order valence-electron chi connectivity index (χ3n) is 2.18. The maximum Gasteiger partial charge on any atom is 0.227 e. The fraction of sp³-hybridized carbons (Fsp3) is 0.875. The van der Waals surface area contributed by atoms with Crippen LogP contribution in [-0.4, -0.2) is 43.6 Å². The fourth-order valence-electron chi connectivity index (χ4n) is 1.51. The Morgan fingerprint density at radius 2 is 2.21 bits per heavy atom. The zero-order valence-corrected chi connectivity index (χ0v) is 9.26. The second kappa shape index (κ2) is 3.85. The second-order valence-electron chi connectivity index (χ2n) is 4.06. The molecule has 1 aliphatic rings. The molecule has 14 heavy (non-hydrogen) atoms. The molecule has 0 spiro atoms. The second-order valence-corrected chi connectivity index (χ2v) is 6.03. The van der Waals surface area contributed by atoms with Gasteiger partial charge < -0.3 is 5.32 Å². The van der Waals surface area contributed by atoms with Gasteiger partial charge in [-0.2, -0.15) is 9.57 Å². The first-order valence-corrected chi connectivity index (χ1v) is 6.08. The van der Waals surface area contributed by atoms with Gasteiger partial charge in [0.2, 0.25) is 10.0 Å². The Morgan fingerprint density at radius 1 is 1.57 bits per heavy atom. The highest BCUT2D eigenvalue weighted by atomic mass is 32.2. The van der Waals surface area contributed by atoms with Gasteiger partial charge in [-0.1, -0.05) is 0 Å². The van der Waals surface area contributed by atoms with Gasteiger partial charge in [-0.25, -0.2) is 8.42 Å². The molecule has 1 heterocycles. The minimum absolute atomic E-state index is 0.208. The molecule has 0 saturated carbocycles. The minimum atomic E-state index is -3.37.